The zero-order valence-corrected chi connectivity index (χ0v) is 11.8. The molecule has 106 valence electrons. The second kappa shape index (κ2) is 3.97. The van der Waals surface area contributed by atoms with E-state index in [1.54, 1.807) is 0 Å². The molecular weight excluding hydrogens is 238 g/mol. The second-order valence-corrected chi connectivity index (χ2v) is 7.69. The van der Waals surface area contributed by atoms with Gasteiger partial charge in [0.2, 0.25) is 0 Å². The Morgan fingerprint density at radius 2 is 1.63 bits per heavy atom. The summed E-state index contributed by atoms with van der Waals surface area (Å²) < 4.78 is 4.92. The summed E-state index contributed by atoms with van der Waals surface area (Å²) in [6.45, 7) is 0. The molecule has 0 amide bonds. The van der Waals surface area contributed by atoms with E-state index in [1.165, 1.54) is 39.2 Å². The van der Waals surface area contributed by atoms with Crippen molar-refractivity contribution in [2.45, 2.75) is 51.0 Å². The number of hydrogen-bond donors (Lipinski definition) is 1. The third-order valence-electron chi connectivity index (χ3n) is 6.79. The van der Waals surface area contributed by atoms with Gasteiger partial charge in [-0.15, -0.1) is 0 Å². The van der Waals surface area contributed by atoms with Crippen molar-refractivity contribution in [1.29, 1.82) is 0 Å². The molecule has 0 aliphatic heterocycles. The minimum atomic E-state index is -0.375. The molecule has 4 bridgehead atoms. The van der Waals surface area contributed by atoms with Crippen LogP contribution in [0.3, 0.4) is 0 Å². The molecule has 1 unspecified atom stereocenters. The highest BCUT2D eigenvalue weighted by molar-refractivity contribution is 5.77. The summed E-state index contributed by atoms with van der Waals surface area (Å²) in [5.41, 5.74) is 6.38. The minimum Gasteiger partial charge on any atom is -0.468 e. The van der Waals surface area contributed by atoms with Gasteiger partial charge in [0.25, 0.3) is 0 Å². The molecule has 5 saturated carbocycles. The molecule has 5 rings (SSSR count). The molecule has 0 spiro atoms. The average molecular weight is 263 g/mol. The highest BCUT2D eigenvalue weighted by atomic mass is 16.5. The number of methoxy groups -OCH3 is 1. The number of nitrogens with two attached hydrogens (primary N) is 1. The van der Waals surface area contributed by atoms with Crippen molar-refractivity contribution >= 4 is 5.97 Å². The SMILES string of the molecule is COC(=O)C(N)C1(C2C3CC4CC(C3)CC2C4)CC1. The summed E-state index contributed by atoms with van der Waals surface area (Å²) in [4.78, 5) is 11.9. The number of ether oxygens (including phenoxy) is 1. The molecule has 0 heterocycles. The Balaban J connectivity index is 1.60. The smallest absolute Gasteiger partial charge is 0.323 e. The molecule has 3 nitrogen and oxygen atoms in total. The molecule has 0 saturated heterocycles. The van der Waals surface area contributed by atoms with Crippen LogP contribution in [0.2, 0.25) is 0 Å². The largest absolute Gasteiger partial charge is 0.468 e. The zero-order valence-electron chi connectivity index (χ0n) is 11.8. The van der Waals surface area contributed by atoms with Gasteiger partial charge in [-0.1, -0.05) is 0 Å². The Kier molecular flexibility index (Phi) is 2.55. The molecule has 0 aromatic carbocycles. The number of carbonyl (C=O) groups excluding carboxylic acids is 1. The predicted octanol–water partition coefficient (Wildman–Crippen LogP) is 2.34. The number of rotatable bonds is 3. The van der Waals surface area contributed by atoms with Crippen molar-refractivity contribution in [2.24, 2.45) is 40.7 Å². The van der Waals surface area contributed by atoms with Gasteiger partial charge in [0, 0.05) is 0 Å². The first-order chi connectivity index (χ1) is 9.14. The molecule has 0 radical (unpaired) electrons. The van der Waals surface area contributed by atoms with Crippen LogP contribution in [0.1, 0.15) is 44.9 Å². The van der Waals surface area contributed by atoms with Gasteiger partial charge in [-0.05, 0) is 80.0 Å². The van der Waals surface area contributed by atoms with Crippen molar-refractivity contribution < 1.29 is 9.53 Å². The summed E-state index contributed by atoms with van der Waals surface area (Å²) in [5.74, 6) is 4.22. The fraction of sp³-hybridized carbons (Fsp3) is 0.938. The zero-order chi connectivity index (χ0) is 13.2. The monoisotopic (exact) mass is 263 g/mol. The van der Waals surface area contributed by atoms with Crippen LogP contribution in [0.5, 0.6) is 0 Å². The maximum absolute atomic E-state index is 11.9. The quantitative estimate of drug-likeness (QED) is 0.795. The highest BCUT2D eigenvalue weighted by Gasteiger charge is 2.63. The number of hydrogen-bond acceptors (Lipinski definition) is 3. The molecule has 5 fully saturated rings. The number of carbonyl (C=O) groups is 1. The second-order valence-electron chi connectivity index (χ2n) is 7.69. The number of esters is 1. The fourth-order valence-corrected chi connectivity index (χ4v) is 6.22. The lowest BCUT2D eigenvalue weighted by Crippen LogP contribution is -2.54. The van der Waals surface area contributed by atoms with Gasteiger partial charge < -0.3 is 10.5 Å². The Hall–Kier alpha value is -0.570. The molecule has 19 heavy (non-hydrogen) atoms. The normalized spacial score (nSPS) is 46.9. The van der Waals surface area contributed by atoms with Crippen LogP contribution in [-0.2, 0) is 9.53 Å². The summed E-state index contributed by atoms with van der Waals surface area (Å²) in [7, 11) is 1.47. The molecule has 5 aliphatic rings. The average Bonchev–Trinajstić information content (AvgIpc) is 3.17. The topological polar surface area (TPSA) is 52.3 Å². The maximum Gasteiger partial charge on any atom is 0.323 e. The van der Waals surface area contributed by atoms with Gasteiger partial charge in [-0.3, -0.25) is 4.79 Å². The molecule has 1 atom stereocenters. The molecule has 0 aromatic heterocycles. The summed E-state index contributed by atoms with van der Waals surface area (Å²) in [6, 6.07) is -0.375. The van der Waals surface area contributed by atoms with E-state index in [4.69, 9.17) is 10.5 Å². The van der Waals surface area contributed by atoms with Crippen LogP contribution in [0.4, 0.5) is 0 Å². The van der Waals surface area contributed by atoms with Gasteiger partial charge >= 0.3 is 5.97 Å². The fourth-order valence-electron chi connectivity index (χ4n) is 6.22. The first-order valence-corrected chi connectivity index (χ1v) is 7.97. The standard InChI is InChI=1S/C16H25NO2/c1-19-15(18)14(17)16(2-3-16)13-11-5-9-4-10(7-11)8-12(13)6-9/h9-14H,2-8,17H2,1H3. The van der Waals surface area contributed by atoms with Crippen molar-refractivity contribution in [3.8, 4) is 0 Å². The van der Waals surface area contributed by atoms with Crippen LogP contribution >= 0.6 is 0 Å². The van der Waals surface area contributed by atoms with E-state index in [-0.39, 0.29) is 17.4 Å². The Labute approximate surface area is 115 Å². The first kappa shape index (κ1) is 12.2. The van der Waals surface area contributed by atoms with E-state index in [0.717, 1.165) is 42.4 Å². The Morgan fingerprint density at radius 1 is 1.11 bits per heavy atom. The van der Waals surface area contributed by atoms with Crippen LogP contribution in [0.15, 0.2) is 0 Å². The van der Waals surface area contributed by atoms with Gasteiger partial charge in [-0.25, -0.2) is 0 Å². The van der Waals surface area contributed by atoms with Crippen molar-refractivity contribution in [2.75, 3.05) is 7.11 Å². The molecule has 5 aliphatic carbocycles. The Morgan fingerprint density at radius 3 is 2.05 bits per heavy atom. The minimum absolute atomic E-state index is 0.107. The van der Waals surface area contributed by atoms with Gasteiger partial charge in [0.1, 0.15) is 6.04 Å². The molecule has 2 N–H and O–H groups in total. The third-order valence-corrected chi connectivity index (χ3v) is 6.79. The van der Waals surface area contributed by atoms with E-state index in [9.17, 15) is 4.79 Å². The lowest BCUT2D eigenvalue weighted by atomic mass is 9.48. The van der Waals surface area contributed by atoms with Gasteiger partial charge in [0.05, 0.1) is 7.11 Å². The molecule has 3 heteroatoms. The van der Waals surface area contributed by atoms with Crippen LogP contribution in [0, 0.1) is 35.0 Å². The summed E-state index contributed by atoms with van der Waals surface area (Å²) >= 11 is 0. The van der Waals surface area contributed by atoms with Crippen LogP contribution in [0.25, 0.3) is 0 Å². The van der Waals surface area contributed by atoms with E-state index in [1.807, 2.05) is 0 Å². The summed E-state index contributed by atoms with van der Waals surface area (Å²) in [5, 5.41) is 0. The van der Waals surface area contributed by atoms with E-state index in [0.29, 0.717) is 0 Å². The Bertz CT molecular complexity index is 374. The van der Waals surface area contributed by atoms with Gasteiger partial charge in [-0.2, -0.15) is 0 Å². The predicted molar refractivity (Wildman–Crippen MR) is 72.2 cm³/mol. The highest BCUT2D eigenvalue weighted by Crippen LogP contribution is 2.68. The van der Waals surface area contributed by atoms with Crippen LogP contribution in [-0.4, -0.2) is 19.1 Å². The van der Waals surface area contributed by atoms with E-state index >= 15 is 0 Å². The molecular formula is C16H25NO2. The van der Waals surface area contributed by atoms with Crippen LogP contribution < -0.4 is 5.73 Å². The van der Waals surface area contributed by atoms with Gasteiger partial charge in [0.15, 0.2) is 0 Å². The maximum atomic E-state index is 11.9. The third kappa shape index (κ3) is 1.63. The first-order valence-electron chi connectivity index (χ1n) is 7.97. The van der Waals surface area contributed by atoms with Crippen molar-refractivity contribution in [3.63, 3.8) is 0 Å². The van der Waals surface area contributed by atoms with E-state index in [2.05, 4.69) is 0 Å². The molecule has 0 aromatic rings. The lowest BCUT2D eigenvalue weighted by Gasteiger charge is -2.57. The summed E-state index contributed by atoms with van der Waals surface area (Å²) in [6.07, 6.45) is 9.42. The lowest BCUT2D eigenvalue weighted by molar-refractivity contribution is -0.147. The van der Waals surface area contributed by atoms with Crippen molar-refractivity contribution in [1.82, 2.24) is 0 Å². The van der Waals surface area contributed by atoms with E-state index < -0.39 is 0 Å². The van der Waals surface area contributed by atoms with Crippen molar-refractivity contribution in [3.05, 3.63) is 0 Å².